The number of hydrogen-bond donors (Lipinski definition) is 0. The lowest BCUT2D eigenvalue weighted by molar-refractivity contribution is -0.133. The highest BCUT2D eigenvalue weighted by molar-refractivity contribution is 7.91. The van der Waals surface area contributed by atoms with Gasteiger partial charge in [0.25, 0.3) is 0 Å². The second kappa shape index (κ2) is 6.56. The molecule has 1 amide bonds. The maximum absolute atomic E-state index is 12.4. The second-order valence-electron chi connectivity index (χ2n) is 6.26. The maximum atomic E-state index is 12.4. The van der Waals surface area contributed by atoms with Crippen LogP contribution in [0.25, 0.3) is 0 Å². The number of amides is 1. The van der Waals surface area contributed by atoms with Crippen molar-refractivity contribution in [2.24, 2.45) is 0 Å². The zero-order valence-electron chi connectivity index (χ0n) is 13.3. The first-order valence-electron chi connectivity index (χ1n) is 7.94. The van der Waals surface area contributed by atoms with Gasteiger partial charge in [-0.15, -0.1) is 0 Å². The van der Waals surface area contributed by atoms with E-state index in [1.807, 2.05) is 9.80 Å². The number of piperidine rings is 1. The number of aryl methyl sites for hydroxylation is 1. The molecule has 0 aliphatic carbocycles. The van der Waals surface area contributed by atoms with Crippen LogP contribution < -0.4 is 0 Å². The Morgan fingerprint density at radius 3 is 2.43 bits per heavy atom. The van der Waals surface area contributed by atoms with E-state index in [-0.39, 0.29) is 23.3 Å². The molecule has 9 heteroatoms. The fourth-order valence-corrected chi connectivity index (χ4v) is 4.33. The van der Waals surface area contributed by atoms with Crippen LogP contribution in [0.3, 0.4) is 0 Å². The van der Waals surface area contributed by atoms with Crippen LogP contribution >= 0.6 is 0 Å². The molecule has 1 aromatic heterocycles. The Morgan fingerprint density at radius 1 is 1.22 bits per heavy atom. The molecule has 3 rings (SSSR count). The lowest BCUT2D eigenvalue weighted by Crippen LogP contribution is -2.48. The molecule has 1 aromatic rings. The van der Waals surface area contributed by atoms with Crippen molar-refractivity contribution in [3.63, 3.8) is 0 Å². The smallest absolute Gasteiger partial charge is 0.236 e. The summed E-state index contributed by atoms with van der Waals surface area (Å²) in [6.07, 6.45) is 1.64. The number of nitrogens with zero attached hydrogens (tertiary/aromatic N) is 4. The van der Waals surface area contributed by atoms with Crippen molar-refractivity contribution in [2.45, 2.75) is 25.7 Å². The number of likely N-dealkylation sites (tertiary alicyclic amines) is 1. The molecule has 128 valence electrons. The molecule has 0 N–H and O–H groups in total. The molecule has 2 aliphatic heterocycles. The fourth-order valence-electron chi connectivity index (χ4n) is 3.05. The minimum absolute atomic E-state index is 0.0736. The largest absolute Gasteiger partial charge is 0.342 e. The van der Waals surface area contributed by atoms with Crippen LogP contribution in [-0.2, 0) is 14.6 Å². The summed E-state index contributed by atoms with van der Waals surface area (Å²) in [7, 11) is -2.90. The first kappa shape index (κ1) is 16.4. The van der Waals surface area contributed by atoms with Gasteiger partial charge < -0.3 is 9.42 Å². The van der Waals surface area contributed by atoms with Gasteiger partial charge in [0.05, 0.1) is 18.1 Å². The van der Waals surface area contributed by atoms with Crippen LogP contribution in [0.5, 0.6) is 0 Å². The molecule has 23 heavy (non-hydrogen) atoms. The van der Waals surface area contributed by atoms with E-state index in [4.69, 9.17) is 4.52 Å². The summed E-state index contributed by atoms with van der Waals surface area (Å²) in [5, 5.41) is 3.81. The molecule has 0 bridgehead atoms. The Bertz CT molecular complexity index is 650. The van der Waals surface area contributed by atoms with Gasteiger partial charge in [0, 0.05) is 32.1 Å². The van der Waals surface area contributed by atoms with Gasteiger partial charge in [-0.1, -0.05) is 5.16 Å². The highest BCUT2D eigenvalue weighted by Crippen LogP contribution is 2.26. The highest BCUT2D eigenvalue weighted by atomic mass is 32.2. The van der Waals surface area contributed by atoms with Gasteiger partial charge in [-0.05, 0) is 19.8 Å². The van der Waals surface area contributed by atoms with Gasteiger partial charge in [0.15, 0.2) is 15.7 Å². The zero-order chi connectivity index (χ0) is 16.4. The van der Waals surface area contributed by atoms with Gasteiger partial charge in [-0.2, -0.15) is 4.98 Å². The van der Waals surface area contributed by atoms with Crippen LogP contribution in [0.4, 0.5) is 0 Å². The van der Waals surface area contributed by atoms with Crippen molar-refractivity contribution >= 4 is 15.7 Å². The van der Waals surface area contributed by atoms with E-state index in [1.165, 1.54) is 0 Å². The number of aromatic nitrogens is 2. The highest BCUT2D eigenvalue weighted by Gasteiger charge is 2.29. The predicted molar refractivity (Wildman–Crippen MR) is 82.7 cm³/mol. The lowest BCUT2D eigenvalue weighted by Gasteiger charge is -2.33. The number of carbonyl (C=O) groups is 1. The minimum atomic E-state index is -2.90. The molecule has 2 saturated heterocycles. The third-order valence-corrected chi connectivity index (χ3v) is 6.15. The molecule has 0 atom stereocenters. The first-order valence-corrected chi connectivity index (χ1v) is 9.76. The van der Waals surface area contributed by atoms with Crippen molar-refractivity contribution in [3.05, 3.63) is 11.7 Å². The number of rotatable bonds is 3. The van der Waals surface area contributed by atoms with Gasteiger partial charge >= 0.3 is 0 Å². The second-order valence-corrected chi connectivity index (χ2v) is 8.57. The summed E-state index contributed by atoms with van der Waals surface area (Å²) in [5.74, 6) is 1.90. The summed E-state index contributed by atoms with van der Waals surface area (Å²) < 4.78 is 28.0. The van der Waals surface area contributed by atoms with Crippen LogP contribution in [0, 0.1) is 6.92 Å². The first-order chi connectivity index (χ1) is 10.9. The van der Waals surface area contributed by atoms with Crippen molar-refractivity contribution in [1.29, 1.82) is 0 Å². The molecule has 2 aliphatic rings. The third-order valence-electron chi connectivity index (χ3n) is 4.54. The number of sulfone groups is 1. The Labute approximate surface area is 135 Å². The van der Waals surface area contributed by atoms with Crippen LogP contribution in [0.2, 0.25) is 0 Å². The third kappa shape index (κ3) is 4.08. The molecular formula is C14H22N4O4S. The Balaban J connectivity index is 1.47. The fraction of sp³-hybridized carbons (Fsp3) is 0.786. The van der Waals surface area contributed by atoms with Crippen LogP contribution in [-0.4, -0.2) is 78.5 Å². The van der Waals surface area contributed by atoms with Crippen molar-refractivity contribution in [3.8, 4) is 0 Å². The summed E-state index contributed by atoms with van der Waals surface area (Å²) >= 11 is 0. The van der Waals surface area contributed by atoms with Crippen LogP contribution in [0.15, 0.2) is 4.52 Å². The van der Waals surface area contributed by atoms with Crippen molar-refractivity contribution < 1.29 is 17.7 Å². The summed E-state index contributed by atoms with van der Waals surface area (Å²) in [6, 6.07) is 0. The molecule has 3 heterocycles. The van der Waals surface area contributed by atoms with E-state index < -0.39 is 9.84 Å². The van der Waals surface area contributed by atoms with Gasteiger partial charge in [-0.3, -0.25) is 9.69 Å². The zero-order valence-corrected chi connectivity index (χ0v) is 14.1. The Kier molecular flexibility index (Phi) is 4.67. The quantitative estimate of drug-likeness (QED) is 0.751. The molecule has 0 spiro atoms. The average Bonchev–Trinajstić information content (AvgIpc) is 2.96. The monoisotopic (exact) mass is 342 g/mol. The molecule has 0 radical (unpaired) electrons. The van der Waals surface area contributed by atoms with E-state index in [1.54, 1.807) is 6.92 Å². The summed E-state index contributed by atoms with van der Waals surface area (Å²) in [5.41, 5.74) is 0. The van der Waals surface area contributed by atoms with E-state index in [0.717, 1.165) is 12.8 Å². The van der Waals surface area contributed by atoms with Crippen LogP contribution in [0.1, 0.15) is 30.5 Å². The predicted octanol–water partition coefficient (Wildman–Crippen LogP) is -0.186. The van der Waals surface area contributed by atoms with E-state index in [0.29, 0.717) is 44.4 Å². The van der Waals surface area contributed by atoms with Gasteiger partial charge in [0.2, 0.25) is 11.8 Å². The number of hydrogen-bond acceptors (Lipinski definition) is 7. The number of carbonyl (C=O) groups excluding carboxylic acids is 1. The molecule has 0 saturated carbocycles. The lowest BCUT2D eigenvalue weighted by atomic mass is 9.96. The molecule has 8 nitrogen and oxygen atoms in total. The van der Waals surface area contributed by atoms with Crippen molar-refractivity contribution in [1.82, 2.24) is 19.9 Å². The van der Waals surface area contributed by atoms with Gasteiger partial charge in [-0.25, -0.2) is 8.42 Å². The topological polar surface area (TPSA) is 96.6 Å². The minimum Gasteiger partial charge on any atom is -0.342 e. The van der Waals surface area contributed by atoms with E-state index in [2.05, 4.69) is 10.1 Å². The normalized spacial score (nSPS) is 23.1. The molecule has 0 aromatic carbocycles. The Hall–Kier alpha value is -1.48. The SMILES string of the molecule is Cc1noc(C2CCN(C(=O)CN3CCS(=O)(=O)CC3)CC2)n1. The van der Waals surface area contributed by atoms with Crippen molar-refractivity contribution in [2.75, 3.05) is 44.2 Å². The standard InChI is InChI=1S/C14H22N4O4S/c1-11-15-14(22-16-11)12-2-4-18(5-3-12)13(19)10-17-6-8-23(20,21)9-7-17/h12H,2-10H2,1H3. The van der Waals surface area contributed by atoms with E-state index in [9.17, 15) is 13.2 Å². The summed E-state index contributed by atoms with van der Waals surface area (Å²) in [4.78, 5) is 20.4. The maximum Gasteiger partial charge on any atom is 0.236 e. The van der Waals surface area contributed by atoms with E-state index >= 15 is 0 Å². The molecular weight excluding hydrogens is 320 g/mol. The average molecular weight is 342 g/mol. The Morgan fingerprint density at radius 2 is 1.87 bits per heavy atom. The molecule has 2 fully saturated rings. The van der Waals surface area contributed by atoms with Gasteiger partial charge in [0.1, 0.15) is 0 Å². The summed E-state index contributed by atoms with van der Waals surface area (Å²) in [6.45, 7) is 4.36. The molecule has 0 unspecified atom stereocenters.